The molecule has 4 aromatic rings. The van der Waals surface area contributed by atoms with E-state index in [2.05, 4.69) is 30.9 Å². The van der Waals surface area contributed by atoms with Crippen LogP contribution in [-0.4, -0.2) is 67.9 Å². The summed E-state index contributed by atoms with van der Waals surface area (Å²) in [6.07, 6.45) is 5.07. The van der Waals surface area contributed by atoms with Gasteiger partial charge in [-0.05, 0) is 30.5 Å². The molecule has 0 spiro atoms. The second-order valence-electron chi connectivity index (χ2n) is 9.83. The van der Waals surface area contributed by atoms with Crippen LogP contribution in [0.15, 0.2) is 73.3 Å². The smallest absolute Gasteiger partial charge is 0.326 e. The van der Waals surface area contributed by atoms with Gasteiger partial charge in [-0.1, -0.05) is 48.5 Å². The van der Waals surface area contributed by atoms with Gasteiger partial charge >= 0.3 is 5.97 Å². The standard InChI is InChI=1S/C29H33N7O5/c1-17(34-27(38)22(30)12-19-14-32-23-10-6-5-9-21(19)23)26(37)35-24(13-20-15-31-16-33-20)28(39)36-25(29(40)41)11-18-7-3-2-4-8-18/h2-10,14-17,22,24-25,32H,11-13,30H2,1H3,(H,31,33)(H,34,38)(H,35,37)(H,36,39)(H,40,41). The Kier molecular flexibility index (Phi) is 9.48. The van der Waals surface area contributed by atoms with E-state index in [0.717, 1.165) is 22.0 Å². The monoisotopic (exact) mass is 559 g/mol. The van der Waals surface area contributed by atoms with E-state index in [0.29, 0.717) is 5.69 Å². The summed E-state index contributed by atoms with van der Waals surface area (Å²) in [5.74, 6) is -3.06. The number of para-hydroxylation sites is 1. The van der Waals surface area contributed by atoms with Crippen molar-refractivity contribution in [3.8, 4) is 0 Å². The second kappa shape index (κ2) is 13.4. The summed E-state index contributed by atoms with van der Waals surface area (Å²) in [6.45, 7) is 1.48. The molecule has 0 fully saturated rings. The van der Waals surface area contributed by atoms with E-state index in [1.54, 1.807) is 30.5 Å². The van der Waals surface area contributed by atoms with Crippen LogP contribution in [-0.2, 0) is 38.4 Å². The first-order valence-electron chi connectivity index (χ1n) is 13.2. The minimum Gasteiger partial charge on any atom is -0.480 e. The topological polar surface area (TPSA) is 195 Å². The Hall–Kier alpha value is -4.97. The molecule has 3 amide bonds. The lowest BCUT2D eigenvalue weighted by molar-refractivity contribution is -0.142. The number of carboxylic acid groups (broad SMARTS) is 1. The molecule has 0 saturated carbocycles. The zero-order valence-electron chi connectivity index (χ0n) is 22.5. The fourth-order valence-electron chi connectivity index (χ4n) is 4.46. The van der Waals surface area contributed by atoms with Gasteiger partial charge in [0.15, 0.2) is 0 Å². The SMILES string of the molecule is CC(NC(=O)C(N)Cc1c[nH]c2ccccc12)C(=O)NC(Cc1cnc[nH]1)C(=O)NC(Cc1ccccc1)C(=O)O. The number of aliphatic carboxylic acids is 1. The number of nitrogens with zero attached hydrogens (tertiary/aromatic N) is 1. The minimum atomic E-state index is -1.22. The number of hydrogen-bond acceptors (Lipinski definition) is 6. The molecular formula is C29H33N7O5. The fraction of sp³-hybridized carbons (Fsp3) is 0.276. The minimum absolute atomic E-state index is 0.0238. The van der Waals surface area contributed by atoms with Gasteiger partial charge in [0.05, 0.1) is 12.4 Å². The van der Waals surface area contributed by atoms with Crippen LogP contribution in [0, 0.1) is 0 Å². The number of fused-ring (bicyclic) bond motifs is 1. The molecule has 0 bridgehead atoms. The third-order valence-electron chi connectivity index (χ3n) is 6.71. The largest absolute Gasteiger partial charge is 0.480 e. The lowest BCUT2D eigenvalue weighted by Gasteiger charge is -2.23. The van der Waals surface area contributed by atoms with Crippen LogP contribution in [0.3, 0.4) is 0 Å². The van der Waals surface area contributed by atoms with Gasteiger partial charge in [-0.25, -0.2) is 9.78 Å². The summed E-state index contributed by atoms with van der Waals surface area (Å²) < 4.78 is 0. The van der Waals surface area contributed by atoms with Crippen molar-refractivity contribution in [1.82, 2.24) is 30.9 Å². The maximum absolute atomic E-state index is 13.2. The lowest BCUT2D eigenvalue weighted by atomic mass is 10.0. The highest BCUT2D eigenvalue weighted by Crippen LogP contribution is 2.18. The van der Waals surface area contributed by atoms with Crippen molar-refractivity contribution in [3.63, 3.8) is 0 Å². The van der Waals surface area contributed by atoms with E-state index < -0.39 is 47.9 Å². The number of nitrogens with one attached hydrogen (secondary N) is 5. The van der Waals surface area contributed by atoms with E-state index in [-0.39, 0.29) is 19.3 Å². The third kappa shape index (κ3) is 7.79. The number of hydrogen-bond donors (Lipinski definition) is 7. The zero-order valence-corrected chi connectivity index (χ0v) is 22.5. The molecule has 2 heterocycles. The summed E-state index contributed by atoms with van der Waals surface area (Å²) >= 11 is 0. The highest BCUT2D eigenvalue weighted by Gasteiger charge is 2.29. The van der Waals surface area contributed by atoms with Gasteiger partial charge in [0.1, 0.15) is 18.1 Å². The molecule has 8 N–H and O–H groups in total. The maximum atomic E-state index is 13.2. The van der Waals surface area contributed by atoms with Crippen LogP contribution in [0.1, 0.15) is 23.7 Å². The molecule has 41 heavy (non-hydrogen) atoms. The number of carbonyl (C=O) groups excluding carboxylic acids is 3. The number of benzene rings is 2. The first kappa shape index (κ1) is 29.0. The molecule has 2 aromatic carbocycles. The molecule has 0 saturated heterocycles. The van der Waals surface area contributed by atoms with Crippen LogP contribution >= 0.6 is 0 Å². The van der Waals surface area contributed by atoms with Gasteiger partial charge < -0.3 is 36.8 Å². The van der Waals surface area contributed by atoms with Crippen molar-refractivity contribution in [2.45, 2.75) is 50.4 Å². The first-order valence-corrected chi connectivity index (χ1v) is 13.2. The molecule has 4 unspecified atom stereocenters. The summed E-state index contributed by atoms with van der Waals surface area (Å²) in [6, 6.07) is 12.3. The number of nitrogens with two attached hydrogens (primary N) is 1. The van der Waals surface area contributed by atoms with Gasteiger partial charge in [-0.2, -0.15) is 0 Å². The summed E-state index contributed by atoms with van der Waals surface area (Å²) in [5, 5.41) is 18.4. The Morgan fingerprint density at radius 3 is 2.27 bits per heavy atom. The van der Waals surface area contributed by atoms with Crippen molar-refractivity contribution < 1.29 is 24.3 Å². The Balaban J connectivity index is 1.38. The average molecular weight is 560 g/mol. The van der Waals surface area contributed by atoms with Crippen molar-refractivity contribution in [1.29, 1.82) is 0 Å². The van der Waals surface area contributed by atoms with E-state index >= 15 is 0 Å². The average Bonchev–Trinajstić information content (AvgIpc) is 3.63. The van der Waals surface area contributed by atoms with Gasteiger partial charge in [0.2, 0.25) is 17.7 Å². The van der Waals surface area contributed by atoms with Crippen molar-refractivity contribution in [2.75, 3.05) is 0 Å². The molecule has 12 nitrogen and oxygen atoms in total. The number of rotatable bonds is 13. The number of amides is 3. The molecular weight excluding hydrogens is 526 g/mol. The number of H-pyrrole nitrogens is 2. The van der Waals surface area contributed by atoms with Crippen LogP contribution in [0.25, 0.3) is 10.9 Å². The fourth-order valence-corrected chi connectivity index (χ4v) is 4.46. The summed E-state index contributed by atoms with van der Waals surface area (Å²) in [7, 11) is 0. The highest BCUT2D eigenvalue weighted by molar-refractivity contribution is 5.94. The maximum Gasteiger partial charge on any atom is 0.326 e. The van der Waals surface area contributed by atoms with Crippen molar-refractivity contribution in [3.05, 3.63) is 90.1 Å². The number of aromatic nitrogens is 3. The van der Waals surface area contributed by atoms with E-state index in [4.69, 9.17) is 5.73 Å². The molecule has 4 atom stereocenters. The predicted molar refractivity (Wildman–Crippen MR) is 152 cm³/mol. The quantitative estimate of drug-likeness (QED) is 0.126. The number of imidazole rings is 1. The van der Waals surface area contributed by atoms with Gasteiger partial charge in [-0.3, -0.25) is 14.4 Å². The Morgan fingerprint density at radius 2 is 1.56 bits per heavy atom. The highest BCUT2D eigenvalue weighted by atomic mass is 16.4. The lowest BCUT2D eigenvalue weighted by Crippen LogP contribution is -2.57. The molecule has 0 aliphatic carbocycles. The normalized spacial score (nSPS) is 14.0. The van der Waals surface area contributed by atoms with E-state index in [1.807, 2.05) is 30.3 Å². The van der Waals surface area contributed by atoms with Crippen LogP contribution < -0.4 is 21.7 Å². The van der Waals surface area contributed by atoms with Gasteiger partial charge in [-0.15, -0.1) is 0 Å². The molecule has 214 valence electrons. The van der Waals surface area contributed by atoms with Crippen LogP contribution in [0.2, 0.25) is 0 Å². The van der Waals surface area contributed by atoms with Crippen molar-refractivity contribution in [2.24, 2.45) is 5.73 Å². The van der Waals surface area contributed by atoms with E-state index in [1.165, 1.54) is 19.4 Å². The molecule has 0 radical (unpaired) electrons. The number of carbonyl (C=O) groups is 4. The third-order valence-corrected chi connectivity index (χ3v) is 6.71. The zero-order chi connectivity index (χ0) is 29.4. The van der Waals surface area contributed by atoms with E-state index in [9.17, 15) is 24.3 Å². The Morgan fingerprint density at radius 1 is 0.854 bits per heavy atom. The molecule has 12 heteroatoms. The van der Waals surface area contributed by atoms with Crippen LogP contribution in [0.4, 0.5) is 0 Å². The van der Waals surface area contributed by atoms with Gasteiger partial charge in [0.25, 0.3) is 0 Å². The molecule has 4 rings (SSSR count). The number of carboxylic acids is 1. The van der Waals surface area contributed by atoms with Crippen molar-refractivity contribution >= 4 is 34.6 Å². The first-order chi connectivity index (χ1) is 19.7. The van der Waals surface area contributed by atoms with Gasteiger partial charge in [0, 0.05) is 41.8 Å². The predicted octanol–water partition coefficient (Wildman–Crippen LogP) is 0.805. The number of aromatic amines is 2. The Bertz CT molecular complexity index is 1490. The summed E-state index contributed by atoms with van der Waals surface area (Å²) in [5.41, 5.74) is 9.23. The molecule has 2 aromatic heterocycles. The summed E-state index contributed by atoms with van der Waals surface area (Å²) in [4.78, 5) is 60.9. The molecule has 0 aliphatic heterocycles. The van der Waals surface area contributed by atoms with Crippen LogP contribution in [0.5, 0.6) is 0 Å². The molecule has 0 aliphatic rings. The second-order valence-corrected chi connectivity index (χ2v) is 9.83. The Labute approximate surface area is 236 Å².